The Morgan fingerprint density at radius 2 is 1.85 bits per heavy atom. The number of piperidine rings is 1. The highest BCUT2D eigenvalue weighted by Crippen LogP contribution is 2.20. The van der Waals surface area contributed by atoms with Gasteiger partial charge in [-0.25, -0.2) is 4.98 Å². The van der Waals surface area contributed by atoms with E-state index in [4.69, 9.17) is 9.47 Å². The minimum atomic E-state index is 0.0558. The normalized spacial score (nSPS) is 15.0. The fourth-order valence-corrected chi connectivity index (χ4v) is 3.13. The van der Waals surface area contributed by atoms with Gasteiger partial charge in [0.2, 0.25) is 5.88 Å². The van der Waals surface area contributed by atoms with Crippen molar-refractivity contribution in [1.82, 2.24) is 14.9 Å². The zero-order valence-corrected chi connectivity index (χ0v) is 15.6. The second-order valence-corrected chi connectivity index (χ2v) is 6.46. The van der Waals surface area contributed by atoms with Gasteiger partial charge < -0.3 is 14.4 Å². The summed E-state index contributed by atoms with van der Waals surface area (Å²) in [4.78, 5) is 23.1. The molecule has 0 saturated carbocycles. The number of ether oxygens (including phenoxy) is 2. The molecule has 1 aromatic carbocycles. The van der Waals surface area contributed by atoms with E-state index in [0.717, 1.165) is 24.3 Å². The van der Waals surface area contributed by atoms with Crippen molar-refractivity contribution in [2.45, 2.75) is 39.7 Å². The molecule has 0 bridgehead atoms. The van der Waals surface area contributed by atoms with E-state index in [1.807, 2.05) is 56.0 Å². The molecule has 2 aromatic rings. The summed E-state index contributed by atoms with van der Waals surface area (Å²) < 4.78 is 11.4. The Hall–Kier alpha value is -2.63. The minimum absolute atomic E-state index is 0.0558. The van der Waals surface area contributed by atoms with Gasteiger partial charge >= 0.3 is 0 Å². The summed E-state index contributed by atoms with van der Waals surface area (Å²) >= 11 is 0. The molecule has 1 aromatic heterocycles. The quantitative estimate of drug-likeness (QED) is 0.824. The molecule has 3 rings (SSSR count). The lowest BCUT2D eigenvalue weighted by Gasteiger charge is -2.32. The van der Waals surface area contributed by atoms with Crippen LogP contribution in [0.1, 0.15) is 41.6 Å². The van der Waals surface area contributed by atoms with Crippen LogP contribution in [-0.2, 0) is 0 Å². The van der Waals surface area contributed by atoms with Crippen LogP contribution in [0.4, 0.5) is 0 Å². The highest BCUT2D eigenvalue weighted by Gasteiger charge is 2.25. The molecule has 1 saturated heterocycles. The molecular formula is C20H25N3O3. The molecule has 0 unspecified atom stereocenters. The summed E-state index contributed by atoms with van der Waals surface area (Å²) in [5.74, 6) is 2.17. The van der Waals surface area contributed by atoms with Crippen LogP contribution in [0.15, 0.2) is 30.3 Å². The van der Waals surface area contributed by atoms with Crippen molar-refractivity contribution in [2.75, 3.05) is 19.7 Å². The molecule has 6 heteroatoms. The van der Waals surface area contributed by atoms with Crippen LogP contribution in [0.2, 0.25) is 0 Å². The largest absolute Gasteiger partial charge is 0.494 e. The van der Waals surface area contributed by atoms with Gasteiger partial charge in [0.1, 0.15) is 17.7 Å². The number of likely N-dealkylation sites (tertiary alicyclic amines) is 1. The SMILES string of the molecule is CCOc1ccc(C(=O)N2CCC(Oc3cc(C)nc(C)n3)CC2)cc1. The summed E-state index contributed by atoms with van der Waals surface area (Å²) in [6.45, 7) is 7.71. The highest BCUT2D eigenvalue weighted by molar-refractivity contribution is 5.94. The summed E-state index contributed by atoms with van der Waals surface area (Å²) in [6, 6.07) is 9.17. The second kappa shape index (κ2) is 8.17. The van der Waals surface area contributed by atoms with Crippen molar-refractivity contribution < 1.29 is 14.3 Å². The molecule has 138 valence electrons. The van der Waals surface area contributed by atoms with Crippen molar-refractivity contribution >= 4 is 5.91 Å². The average molecular weight is 355 g/mol. The lowest BCUT2D eigenvalue weighted by molar-refractivity contribution is 0.0587. The van der Waals surface area contributed by atoms with Gasteiger partial charge in [0, 0.05) is 43.3 Å². The molecule has 6 nitrogen and oxygen atoms in total. The predicted molar refractivity (Wildman–Crippen MR) is 98.7 cm³/mol. The van der Waals surface area contributed by atoms with Crippen LogP contribution in [0, 0.1) is 13.8 Å². The Kier molecular flexibility index (Phi) is 5.71. The molecule has 0 aliphatic carbocycles. The van der Waals surface area contributed by atoms with Gasteiger partial charge in [-0.2, -0.15) is 4.98 Å². The Bertz CT molecular complexity index is 733. The number of rotatable bonds is 5. The third-order valence-electron chi connectivity index (χ3n) is 4.37. The standard InChI is InChI=1S/C20H25N3O3/c1-4-25-17-7-5-16(6-8-17)20(24)23-11-9-18(10-12-23)26-19-13-14(2)21-15(3)22-19/h5-8,13,18H,4,9-12H2,1-3H3. The second-order valence-electron chi connectivity index (χ2n) is 6.46. The maximum atomic E-state index is 12.6. The number of hydrogen-bond donors (Lipinski definition) is 0. The number of aromatic nitrogens is 2. The zero-order chi connectivity index (χ0) is 18.5. The smallest absolute Gasteiger partial charge is 0.253 e. The van der Waals surface area contributed by atoms with Crippen LogP contribution in [-0.4, -0.2) is 46.6 Å². The van der Waals surface area contributed by atoms with E-state index >= 15 is 0 Å². The fraction of sp³-hybridized carbons (Fsp3) is 0.450. The summed E-state index contributed by atoms with van der Waals surface area (Å²) in [5, 5.41) is 0. The molecule has 0 spiro atoms. The Morgan fingerprint density at radius 3 is 2.46 bits per heavy atom. The number of carbonyl (C=O) groups excluding carboxylic acids is 1. The molecule has 0 N–H and O–H groups in total. The highest BCUT2D eigenvalue weighted by atomic mass is 16.5. The number of benzene rings is 1. The molecule has 1 aliphatic heterocycles. The van der Waals surface area contributed by atoms with Crippen molar-refractivity contribution in [3.8, 4) is 11.6 Å². The Labute approximate surface area is 154 Å². The van der Waals surface area contributed by atoms with Crippen LogP contribution in [0.5, 0.6) is 11.6 Å². The molecule has 1 aliphatic rings. The van der Waals surface area contributed by atoms with Crippen LogP contribution < -0.4 is 9.47 Å². The van der Waals surface area contributed by atoms with Crippen molar-refractivity contribution in [2.24, 2.45) is 0 Å². The van der Waals surface area contributed by atoms with Gasteiger partial charge in [-0.15, -0.1) is 0 Å². The third-order valence-corrected chi connectivity index (χ3v) is 4.37. The van der Waals surface area contributed by atoms with Crippen LogP contribution in [0.25, 0.3) is 0 Å². The number of hydrogen-bond acceptors (Lipinski definition) is 5. The van der Waals surface area contributed by atoms with Gasteiger partial charge in [0.05, 0.1) is 6.61 Å². The van der Waals surface area contributed by atoms with Crippen molar-refractivity contribution in [3.05, 3.63) is 47.4 Å². The summed E-state index contributed by atoms with van der Waals surface area (Å²) in [7, 11) is 0. The van der Waals surface area contributed by atoms with Gasteiger partial charge in [-0.3, -0.25) is 4.79 Å². The topological polar surface area (TPSA) is 64.5 Å². The van der Waals surface area contributed by atoms with E-state index in [1.54, 1.807) is 0 Å². The third kappa shape index (κ3) is 4.50. The number of amides is 1. The van der Waals surface area contributed by atoms with Crippen molar-refractivity contribution in [1.29, 1.82) is 0 Å². The van der Waals surface area contributed by atoms with E-state index < -0.39 is 0 Å². The van der Waals surface area contributed by atoms with E-state index in [2.05, 4.69) is 9.97 Å². The van der Waals surface area contributed by atoms with Crippen LogP contribution in [0.3, 0.4) is 0 Å². The lowest BCUT2D eigenvalue weighted by Crippen LogP contribution is -2.41. The van der Waals surface area contributed by atoms with E-state index in [1.165, 1.54) is 0 Å². The van der Waals surface area contributed by atoms with Gasteiger partial charge in [0.25, 0.3) is 5.91 Å². The van der Waals surface area contributed by atoms with Crippen LogP contribution >= 0.6 is 0 Å². The predicted octanol–water partition coefficient (Wildman–Crippen LogP) is 3.18. The summed E-state index contributed by atoms with van der Waals surface area (Å²) in [6.07, 6.45) is 1.67. The Balaban J connectivity index is 1.55. The monoisotopic (exact) mass is 355 g/mol. The van der Waals surface area contributed by atoms with Gasteiger partial charge in [-0.05, 0) is 45.0 Å². The summed E-state index contributed by atoms with van der Waals surface area (Å²) in [5.41, 5.74) is 1.59. The van der Waals surface area contributed by atoms with Crippen molar-refractivity contribution in [3.63, 3.8) is 0 Å². The van der Waals surface area contributed by atoms with E-state index in [0.29, 0.717) is 37.0 Å². The first-order valence-corrected chi connectivity index (χ1v) is 9.06. The molecule has 0 atom stereocenters. The number of carbonyl (C=O) groups is 1. The molecule has 1 fully saturated rings. The molecule has 0 radical (unpaired) electrons. The van der Waals surface area contributed by atoms with Gasteiger partial charge in [0.15, 0.2) is 0 Å². The average Bonchev–Trinajstić information content (AvgIpc) is 2.62. The minimum Gasteiger partial charge on any atom is -0.494 e. The van der Waals surface area contributed by atoms with E-state index in [9.17, 15) is 4.79 Å². The lowest BCUT2D eigenvalue weighted by atomic mass is 10.1. The van der Waals surface area contributed by atoms with E-state index in [-0.39, 0.29) is 12.0 Å². The molecule has 1 amide bonds. The fourth-order valence-electron chi connectivity index (χ4n) is 3.13. The first-order valence-electron chi connectivity index (χ1n) is 9.06. The molecular weight excluding hydrogens is 330 g/mol. The first kappa shape index (κ1) is 18.2. The maximum Gasteiger partial charge on any atom is 0.253 e. The number of aryl methyl sites for hydroxylation is 2. The molecule has 26 heavy (non-hydrogen) atoms. The van der Waals surface area contributed by atoms with Gasteiger partial charge in [-0.1, -0.05) is 0 Å². The Morgan fingerprint density at radius 1 is 1.15 bits per heavy atom. The number of nitrogens with zero attached hydrogens (tertiary/aromatic N) is 3. The maximum absolute atomic E-state index is 12.6. The first-order chi connectivity index (χ1) is 12.5. The molecule has 2 heterocycles. The zero-order valence-electron chi connectivity index (χ0n) is 15.6.